The van der Waals surface area contributed by atoms with Crippen molar-refractivity contribution in [2.75, 3.05) is 0 Å². The summed E-state index contributed by atoms with van der Waals surface area (Å²) in [6.45, 7) is 0. The molecule has 1 radical (unpaired) electrons. The van der Waals surface area contributed by atoms with Gasteiger partial charge in [-0.2, -0.15) is 13.1 Å². The highest BCUT2D eigenvalue weighted by atomic mass is 32.2. The Morgan fingerprint density at radius 2 is 2.33 bits per heavy atom. The first-order valence-corrected chi connectivity index (χ1v) is 3.01. The van der Waals surface area contributed by atoms with Crippen molar-refractivity contribution in [3.8, 4) is 0 Å². The molecular formula is C2HN4O2S. The van der Waals surface area contributed by atoms with E-state index < -0.39 is 10.3 Å². The molecule has 6 nitrogen and oxygen atoms in total. The first-order valence-electron chi connectivity index (χ1n) is 1.87. The van der Waals surface area contributed by atoms with E-state index in [0.717, 1.165) is 10.2 Å². The molecule has 0 N–H and O–H groups in total. The zero-order valence-electron chi connectivity index (χ0n) is 4.09. The van der Waals surface area contributed by atoms with Gasteiger partial charge in [-0.1, -0.05) is 0 Å². The molecule has 7 heteroatoms. The molecule has 0 aliphatic heterocycles. The second-order valence-electron chi connectivity index (χ2n) is 1.09. The van der Waals surface area contributed by atoms with Crippen molar-refractivity contribution < 1.29 is 8.42 Å². The molecule has 1 heterocycles. The standard InChI is InChI=1S/C2HN4O2S/c7-9(8)2-6-1-3-4-5-6/h2H. The summed E-state index contributed by atoms with van der Waals surface area (Å²) in [6.07, 6.45) is 2.16. The summed E-state index contributed by atoms with van der Waals surface area (Å²) in [5.74, 6) is 0. The smallest absolute Gasteiger partial charge is 0.183 e. The Bertz CT molecular complexity index is 289. The average Bonchev–Trinajstić information content (AvgIpc) is 2.15. The van der Waals surface area contributed by atoms with Gasteiger partial charge in [-0.3, -0.25) is 0 Å². The average molecular weight is 145 g/mol. The third-order valence-electron chi connectivity index (χ3n) is 0.514. The highest BCUT2D eigenvalue weighted by Gasteiger charge is 1.84. The van der Waals surface area contributed by atoms with Crippen LogP contribution in [-0.4, -0.2) is 34.1 Å². The van der Waals surface area contributed by atoms with Crippen LogP contribution in [0, 0.1) is 6.33 Å². The quantitative estimate of drug-likeness (QED) is 0.425. The molecule has 0 atom stereocenters. The lowest BCUT2D eigenvalue weighted by molar-refractivity contribution is 0.626. The lowest BCUT2D eigenvalue weighted by atomic mass is 11.2. The van der Waals surface area contributed by atoms with Crippen LogP contribution in [0.15, 0.2) is 0 Å². The maximum atomic E-state index is 9.87. The number of aromatic nitrogens is 4. The van der Waals surface area contributed by atoms with Gasteiger partial charge in [0.25, 0.3) is 0 Å². The van der Waals surface area contributed by atoms with E-state index in [4.69, 9.17) is 0 Å². The third kappa shape index (κ3) is 1.61. The molecule has 1 aromatic rings. The topological polar surface area (TPSA) is 77.7 Å². The summed E-state index contributed by atoms with van der Waals surface area (Å²) >= 11 is 0. The van der Waals surface area contributed by atoms with Gasteiger partial charge in [-0.05, 0) is 10.4 Å². The predicted octanol–water partition coefficient (Wildman–Crippen LogP) is -2.04. The zero-order valence-corrected chi connectivity index (χ0v) is 4.91. The first-order chi connectivity index (χ1) is 4.29. The van der Waals surface area contributed by atoms with Crippen LogP contribution in [-0.2, 0) is 10.3 Å². The minimum atomic E-state index is -2.28. The molecule has 0 saturated carbocycles. The van der Waals surface area contributed by atoms with Gasteiger partial charge >= 0.3 is 0 Å². The molecule has 0 unspecified atom stereocenters. The van der Waals surface area contributed by atoms with E-state index in [1.54, 1.807) is 0 Å². The maximum Gasteiger partial charge on any atom is 0.232 e. The second-order valence-corrected chi connectivity index (χ2v) is 1.82. The summed E-state index contributed by atoms with van der Waals surface area (Å²) in [5.41, 5.74) is 0.792. The fraction of sp³-hybridized carbons (Fsp3) is 0. The van der Waals surface area contributed by atoms with Crippen molar-refractivity contribution in [2.24, 2.45) is 0 Å². The Morgan fingerprint density at radius 1 is 1.56 bits per heavy atom. The Hall–Kier alpha value is -1.24. The number of hydrogen-bond acceptors (Lipinski definition) is 5. The van der Waals surface area contributed by atoms with Crippen LogP contribution in [0.5, 0.6) is 0 Å². The largest absolute Gasteiger partial charge is 0.232 e. The van der Waals surface area contributed by atoms with E-state index in [0.29, 0.717) is 0 Å². The first kappa shape index (κ1) is 5.89. The van der Waals surface area contributed by atoms with E-state index in [1.165, 1.54) is 0 Å². The van der Waals surface area contributed by atoms with Crippen LogP contribution in [0.3, 0.4) is 0 Å². The molecule has 0 fully saturated rings. The van der Waals surface area contributed by atoms with Crippen molar-refractivity contribution in [3.63, 3.8) is 0 Å². The monoisotopic (exact) mass is 145 g/mol. The number of rotatable bonds is 1. The van der Waals surface area contributed by atoms with Gasteiger partial charge < -0.3 is 0 Å². The lowest BCUT2D eigenvalue weighted by Crippen LogP contribution is -1.96. The van der Waals surface area contributed by atoms with Crippen LogP contribution in [0.1, 0.15) is 0 Å². The summed E-state index contributed by atoms with van der Waals surface area (Å²) in [4.78, 5) is 0. The second kappa shape index (κ2) is 2.35. The van der Waals surface area contributed by atoms with E-state index in [-0.39, 0.29) is 0 Å². The molecule has 0 bridgehead atoms. The molecule has 1 rings (SSSR count). The Labute approximate surface area is 51.6 Å². The van der Waals surface area contributed by atoms with Gasteiger partial charge in [0.1, 0.15) is 0 Å². The van der Waals surface area contributed by atoms with Crippen molar-refractivity contribution in [3.05, 3.63) is 6.33 Å². The molecule has 0 aliphatic carbocycles. The van der Waals surface area contributed by atoms with E-state index >= 15 is 0 Å². The van der Waals surface area contributed by atoms with Gasteiger partial charge in [-0.25, -0.2) is 0 Å². The van der Waals surface area contributed by atoms with Gasteiger partial charge in [0, 0.05) is 0 Å². The fourth-order valence-corrected chi connectivity index (χ4v) is 0.527. The third-order valence-corrected chi connectivity index (χ3v) is 0.886. The number of nitrogens with zero attached hydrogens (tertiary/aromatic N) is 4. The normalized spacial score (nSPS) is 8.89. The SMILES string of the molecule is O=S(=O)=Cn1[c]nnn1. The molecular weight excluding hydrogens is 144 g/mol. The van der Waals surface area contributed by atoms with Gasteiger partial charge in [0.2, 0.25) is 16.6 Å². The van der Waals surface area contributed by atoms with Crippen LogP contribution in [0.4, 0.5) is 0 Å². The Morgan fingerprint density at radius 3 is 2.78 bits per heavy atom. The van der Waals surface area contributed by atoms with Crippen LogP contribution in [0.25, 0.3) is 0 Å². The van der Waals surface area contributed by atoms with Gasteiger partial charge in [0.15, 0.2) is 5.49 Å². The molecule has 0 spiro atoms. The minimum absolute atomic E-state index is 0.792. The highest BCUT2D eigenvalue weighted by molar-refractivity contribution is 7.71. The van der Waals surface area contributed by atoms with Crippen molar-refractivity contribution in [2.45, 2.75) is 0 Å². The molecule has 1 aromatic heterocycles. The summed E-state index contributed by atoms with van der Waals surface area (Å²) in [5, 5.41) is 9.43. The Kier molecular flexibility index (Phi) is 1.54. The molecule has 0 aromatic carbocycles. The molecule has 47 valence electrons. The van der Waals surface area contributed by atoms with Crippen molar-refractivity contribution in [1.29, 1.82) is 0 Å². The number of tetrazole rings is 1. The summed E-state index contributed by atoms with van der Waals surface area (Å²) in [6, 6.07) is 0. The number of hydrogen-bond donors (Lipinski definition) is 0. The van der Waals surface area contributed by atoms with Gasteiger partial charge in [0.05, 0.1) is 0 Å². The maximum absolute atomic E-state index is 9.87. The molecule has 0 amide bonds. The van der Waals surface area contributed by atoms with Crippen LogP contribution in [0.2, 0.25) is 0 Å². The van der Waals surface area contributed by atoms with E-state index in [2.05, 4.69) is 21.9 Å². The summed E-state index contributed by atoms with van der Waals surface area (Å²) < 4.78 is 20.6. The zero-order chi connectivity index (χ0) is 6.69. The lowest BCUT2D eigenvalue weighted by Gasteiger charge is -1.72. The van der Waals surface area contributed by atoms with Crippen molar-refractivity contribution in [1.82, 2.24) is 20.2 Å². The van der Waals surface area contributed by atoms with Crippen LogP contribution < -0.4 is 0 Å². The van der Waals surface area contributed by atoms with Gasteiger partial charge in [-0.15, -0.1) is 5.10 Å². The fourth-order valence-electron chi connectivity index (χ4n) is 0.275. The minimum Gasteiger partial charge on any atom is -0.183 e. The molecule has 9 heavy (non-hydrogen) atoms. The van der Waals surface area contributed by atoms with E-state index in [1.807, 2.05) is 0 Å². The highest BCUT2D eigenvalue weighted by Crippen LogP contribution is 1.61. The summed E-state index contributed by atoms with van der Waals surface area (Å²) in [7, 11) is -2.28. The molecule has 0 saturated heterocycles. The van der Waals surface area contributed by atoms with Crippen LogP contribution >= 0.6 is 0 Å². The van der Waals surface area contributed by atoms with E-state index in [9.17, 15) is 8.42 Å². The Balaban J connectivity index is 3.07. The predicted molar refractivity (Wildman–Crippen MR) is 27.0 cm³/mol. The van der Waals surface area contributed by atoms with Crippen molar-refractivity contribution >= 4 is 15.8 Å². The molecule has 0 aliphatic rings.